The summed E-state index contributed by atoms with van der Waals surface area (Å²) < 4.78 is 71.2. The number of amides is 4. The third kappa shape index (κ3) is 16.3. The molecule has 0 aromatic carbocycles. The molecule has 0 aromatic rings. The van der Waals surface area contributed by atoms with Gasteiger partial charge in [-0.15, -0.1) is 0 Å². The smallest absolute Gasteiger partial charge is 0.315 e. The zero-order valence-electron chi connectivity index (χ0n) is 42.5. The second-order valence-corrected chi connectivity index (χ2v) is 22.5. The standard InChI is InChI=1S/C46H80N4O26S/c51-16-22-30(57)34(61)38(65)42(70-22)74-40-36(63)32(59)24(18-53)72-44(40)76-41-37(64)33(60)25(19-54)73-45(41)75-39-35(62)31(58)23(17-52)71-43(39)69-15-9-3-4-11-27(55)47-13-7-1-2-8-14-48-28(56)12-6-5-10-26-29-21(20-77(26,67)68)49-46(66)50-29/h21-26,29-45,51-54,57-65H,1-20H2,(H,47,55)(H,48,56)(H2,49,50,66)/t21-,22+,23+,24+,25+,26-,29-,30+,31+,32+,33+,34-,35-,36-,37-,38-,39-,40-,41-,42-,43-,44-,45-/m0/s1. The lowest BCUT2D eigenvalue weighted by Gasteiger charge is -2.49. The Morgan fingerprint density at radius 1 is 0.506 bits per heavy atom. The molecule has 6 heterocycles. The summed E-state index contributed by atoms with van der Waals surface area (Å²) in [5.74, 6) is -0.363. The van der Waals surface area contributed by atoms with Crippen molar-refractivity contribution in [3.05, 3.63) is 0 Å². The fourth-order valence-corrected chi connectivity index (χ4v) is 12.5. The van der Waals surface area contributed by atoms with Crippen molar-refractivity contribution in [2.45, 2.75) is 217 Å². The second kappa shape index (κ2) is 29.9. The van der Waals surface area contributed by atoms with Gasteiger partial charge in [-0.1, -0.05) is 25.7 Å². The summed E-state index contributed by atoms with van der Waals surface area (Å²) in [6, 6.07) is -1.21. The van der Waals surface area contributed by atoms with Crippen molar-refractivity contribution in [1.82, 2.24) is 21.3 Å². The van der Waals surface area contributed by atoms with Crippen LogP contribution in [0.25, 0.3) is 0 Å². The van der Waals surface area contributed by atoms with Gasteiger partial charge in [-0.05, 0) is 38.5 Å². The molecule has 23 atom stereocenters. The number of carbonyl (C=O) groups excluding carboxylic acids is 3. The second-order valence-electron chi connectivity index (χ2n) is 20.3. The van der Waals surface area contributed by atoms with Crippen LogP contribution in [-0.2, 0) is 57.3 Å². The minimum atomic E-state index is -3.32. The van der Waals surface area contributed by atoms with Crippen molar-refractivity contribution in [1.29, 1.82) is 0 Å². The third-order valence-electron chi connectivity index (χ3n) is 14.7. The van der Waals surface area contributed by atoms with Crippen LogP contribution in [0.2, 0.25) is 0 Å². The van der Waals surface area contributed by atoms with E-state index in [2.05, 4.69) is 21.3 Å². The number of fused-ring (bicyclic) bond motifs is 1. The molecule has 446 valence electrons. The molecule has 4 amide bonds. The lowest BCUT2D eigenvalue weighted by Crippen LogP contribution is -2.68. The molecule has 0 unspecified atom stereocenters. The molecule has 0 radical (unpaired) electrons. The van der Waals surface area contributed by atoms with Crippen molar-refractivity contribution in [2.24, 2.45) is 0 Å². The Hall–Kier alpha value is -2.68. The van der Waals surface area contributed by atoms with E-state index in [0.29, 0.717) is 51.6 Å². The number of nitrogens with one attached hydrogen (secondary N) is 4. The van der Waals surface area contributed by atoms with E-state index < -0.39 is 176 Å². The molecule has 6 aliphatic rings. The average molecular weight is 1140 g/mol. The molecular formula is C46H80N4O26S. The van der Waals surface area contributed by atoms with E-state index in [0.717, 1.165) is 25.7 Å². The van der Waals surface area contributed by atoms with Crippen molar-refractivity contribution in [3.63, 3.8) is 0 Å². The minimum absolute atomic E-state index is 0.0666. The maximum atomic E-state index is 12.5. The SMILES string of the molecule is O=C(CCCCCO[C@H]1O[C@H](CO)[C@@H](O)[C@H](O)[C@@H]1O[C@@H]1O[C@H](CO)[C@@H](O)[C@H](O)[C@@H]1O[C@@H]1O[C@H](CO)[C@@H](O)[C@H](O)[C@@H]1O[C@@H]1O[C@H](CO)[C@@H](O)[C@H](O)[C@@H]1O)NCCCCCCNC(=O)CCCC[C@H]1[C@H]2NC(=O)N[C@H]2CS1(=O)=O. The van der Waals surface area contributed by atoms with Crippen LogP contribution >= 0.6 is 0 Å². The van der Waals surface area contributed by atoms with Gasteiger partial charge >= 0.3 is 6.03 Å². The number of aliphatic hydroxyl groups is 13. The molecule has 77 heavy (non-hydrogen) atoms. The Bertz CT molecular complexity index is 1950. The number of urea groups is 1. The summed E-state index contributed by atoms with van der Waals surface area (Å²) in [4.78, 5) is 36.4. The van der Waals surface area contributed by atoms with Crippen LogP contribution in [0, 0.1) is 0 Å². The van der Waals surface area contributed by atoms with Crippen molar-refractivity contribution < 1.29 is 127 Å². The Labute approximate surface area is 444 Å². The molecule has 0 saturated carbocycles. The molecule has 6 saturated heterocycles. The monoisotopic (exact) mass is 1140 g/mol. The highest BCUT2D eigenvalue weighted by Gasteiger charge is 2.56. The van der Waals surface area contributed by atoms with E-state index in [1.54, 1.807) is 0 Å². The molecule has 17 N–H and O–H groups in total. The van der Waals surface area contributed by atoms with Crippen LogP contribution in [0.4, 0.5) is 4.79 Å². The first-order valence-electron chi connectivity index (χ1n) is 26.3. The molecule has 0 spiro atoms. The zero-order chi connectivity index (χ0) is 56.1. The van der Waals surface area contributed by atoms with Gasteiger partial charge < -0.3 is 126 Å². The van der Waals surface area contributed by atoms with Crippen molar-refractivity contribution in [2.75, 3.05) is 51.9 Å². The number of rotatable bonds is 29. The van der Waals surface area contributed by atoms with Gasteiger partial charge in [0.15, 0.2) is 35.0 Å². The van der Waals surface area contributed by atoms with Gasteiger partial charge in [0.05, 0.1) is 49.5 Å². The Morgan fingerprint density at radius 2 is 0.922 bits per heavy atom. The van der Waals surface area contributed by atoms with Gasteiger partial charge in [-0.2, -0.15) is 0 Å². The summed E-state index contributed by atoms with van der Waals surface area (Å²) in [6.07, 6.45) is -30.2. The maximum Gasteiger partial charge on any atom is 0.315 e. The van der Waals surface area contributed by atoms with Gasteiger partial charge in [0.1, 0.15) is 97.7 Å². The first-order valence-corrected chi connectivity index (χ1v) is 28.0. The van der Waals surface area contributed by atoms with Gasteiger partial charge in [-0.25, -0.2) is 13.2 Å². The molecule has 6 aliphatic heterocycles. The number of hydrogen-bond acceptors (Lipinski definition) is 26. The first-order chi connectivity index (χ1) is 36.7. The quantitative estimate of drug-likeness (QED) is 0.0244. The zero-order valence-corrected chi connectivity index (χ0v) is 43.3. The number of unbranched alkanes of at least 4 members (excludes halogenated alkanes) is 6. The third-order valence-corrected chi connectivity index (χ3v) is 17.0. The van der Waals surface area contributed by atoms with Gasteiger partial charge in [0.2, 0.25) is 11.8 Å². The van der Waals surface area contributed by atoms with E-state index >= 15 is 0 Å². The number of carbonyl (C=O) groups is 3. The first kappa shape index (κ1) is 63.5. The van der Waals surface area contributed by atoms with Gasteiger partial charge in [0.25, 0.3) is 0 Å². The van der Waals surface area contributed by atoms with Crippen molar-refractivity contribution in [3.8, 4) is 0 Å². The summed E-state index contributed by atoms with van der Waals surface area (Å²) in [7, 11) is -3.32. The Balaban J connectivity index is 0.923. The summed E-state index contributed by atoms with van der Waals surface area (Å²) in [5, 5.41) is 148. The minimum Gasteiger partial charge on any atom is -0.394 e. The predicted octanol–water partition coefficient (Wildman–Crippen LogP) is -7.96. The fourth-order valence-electron chi connectivity index (χ4n) is 10.2. The van der Waals surface area contributed by atoms with E-state index in [4.69, 9.17) is 37.9 Å². The van der Waals surface area contributed by atoms with Crippen LogP contribution in [0.5, 0.6) is 0 Å². The highest BCUT2D eigenvalue weighted by atomic mass is 32.2. The van der Waals surface area contributed by atoms with Crippen molar-refractivity contribution >= 4 is 27.7 Å². The van der Waals surface area contributed by atoms with Crippen LogP contribution < -0.4 is 21.3 Å². The molecule has 0 aliphatic carbocycles. The van der Waals surface area contributed by atoms with Gasteiger partial charge in [0, 0.05) is 32.5 Å². The molecule has 6 rings (SSSR count). The summed E-state index contributed by atoms with van der Waals surface area (Å²) in [6.45, 7) is -2.59. The Morgan fingerprint density at radius 3 is 1.42 bits per heavy atom. The molecule has 0 bridgehead atoms. The van der Waals surface area contributed by atoms with Crippen LogP contribution in [0.3, 0.4) is 0 Å². The largest absolute Gasteiger partial charge is 0.394 e. The fraction of sp³-hybridized carbons (Fsp3) is 0.935. The number of aliphatic hydroxyl groups excluding tert-OH is 13. The maximum absolute atomic E-state index is 12.5. The summed E-state index contributed by atoms with van der Waals surface area (Å²) >= 11 is 0. The number of sulfone groups is 1. The Kier molecular flexibility index (Phi) is 24.6. The molecule has 0 aromatic heterocycles. The summed E-state index contributed by atoms with van der Waals surface area (Å²) in [5.41, 5.74) is 0. The number of hydrogen-bond donors (Lipinski definition) is 17. The van der Waals surface area contributed by atoms with Crippen LogP contribution in [0.15, 0.2) is 0 Å². The van der Waals surface area contributed by atoms with Crippen LogP contribution in [-0.4, -0.2) is 285 Å². The van der Waals surface area contributed by atoms with E-state index in [9.17, 15) is 89.2 Å². The topological polar surface area (TPSA) is 470 Å². The normalized spacial score (nSPS) is 40.8. The van der Waals surface area contributed by atoms with E-state index in [1.807, 2.05) is 0 Å². The highest BCUT2D eigenvalue weighted by Crippen LogP contribution is 2.36. The van der Waals surface area contributed by atoms with Crippen LogP contribution in [0.1, 0.15) is 77.0 Å². The van der Waals surface area contributed by atoms with Gasteiger partial charge in [-0.3, -0.25) is 9.59 Å². The molecule has 30 nitrogen and oxygen atoms in total. The molecule has 31 heteroatoms. The lowest BCUT2D eigenvalue weighted by atomic mass is 9.96. The van der Waals surface area contributed by atoms with E-state index in [-0.39, 0.29) is 43.0 Å². The number of ether oxygens (including phenoxy) is 8. The highest BCUT2D eigenvalue weighted by molar-refractivity contribution is 7.92. The average Bonchev–Trinajstić information content (AvgIpc) is 3.87. The predicted molar refractivity (Wildman–Crippen MR) is 256 cm³/mol. The molecular weight excluding hydrogens is 1060 g/mol. The lowest BCUT2D eigenvalue weighted by molar-refractivity contribution is -0.406. The molecule has 6 fully saturated rings. The van der Waals surface area contributed by atoms with E-state index in [1.165, 1.54) is 0 Å².